The molecule has 0 saturated heterocycles. The highest BCUT2D eigenvalue weighted by Gasteiger charge is 2.44. The van der Waals surface area contributed by atoms with Gasteiger partial charge in [-0.2, -0.15) is 0 Å². The van der Waals surface area contributed by atoms with Gasteiger partial charge in [-0.25, -0.2) is 0 Å². The number of hydrogen-bond acceptors (Lipinski definition) is 4. The van der Waals surface area contributed by atoms with Crippen molar-refractivity contribution in [3.8, 4) is 0 Å². The summed E-state index contributed by atoms with van der Waals surface area (Å²) in [6.45, 7) is 8.01. The van der Waals surface area contributed by atoms with Gasteiger partial charge in [0.05, 0.1) is 18.2 Å². The molecule has 0 aromatic heterocycles. The van der Waals surface area contributed by atoms with Crippen molar-refractivity contribution < 1.29 is 9.47 Å². The minimum absolute atomic E-state index is 0.0727. The van der Waals surface area contributed by atoms with Crippen LogP contribution in [-0.4, -0.2) is 32.0 Å². The van der Waals surface area contributed by atoms with Crippen LogP contribution in [0.5, 0.6) is 0 Å². The van der Waals surface area contributed by atoms with E-state index in [1.54, 1.807) is 7.11 Å². The predicted molar refractivity (Wildman–Crippen MR) is 69.6 cm³/mol. The Kier molecular flexibility index (Phi) is 5.38. The highest BCUT2D eigenvalue weighted by molar-refractivity contribution is 4.98. The van der Waals surface area contributed by atoms with Crippen LogP contribution in [0.2, 0.25) is 0 Å². The van der Waals surface area contributed by atoms with Gasteiger partial charge in [0, 0.05) is 13.7 Å². The van der Waals surface area contributed by atoms with E-state index in [2.05, 4.69) is 19.3 Å². The number of hydrogen-bond donors (Lipinski definition) is 2. The van der Waals surface area contributed by atoms with Crippen LogP contribution in [0, 0.1) is 5.41 Å². The van der Waals surface area contributed by atoms with E-state index in [4.69, 9.17) is 15.3 Å². The maximum atomic E-state index is 6.05. The highest BCUT2D eigenvalue weighted by atomic mass is 16.5. The van der Waals surface area contributed by atoms with Crippen molar-refractivity contribution in [3.05, 3.63) is 0 Å². The molecule has 0 bridgehead atoms. The summed E-state index contributed by atoms with van der Waals surface area (Å²) in [5, 5.41) is 0. The van der Waals surface area contributed by atoms with Crippen molar-refractivity contribution in [1.29, 1.82) is 0 Å². The second kappa shape index (κ2) is 6.14. The Morgan fingerprint density at radius 1 is 1.24 bits per heavy atom. The molecule has 0 aromatic carbocycles. The van der Waals surface area contributed by atoms with Crippen molar-refractivity contribution >= 4 is 0 Å². The molecule has 1 rings (SSSR count). The molecule has 1 fully saturated rings. The molecule has 4 heteroatoms. The molecule has 0 radical (unpaired) electrons. The van der Waals surface area contributed by atoms with E-state index in [-0.39, 0.29) is 11.6 Å². The number of nitrogens with two attached hydrogens (primary N) is 1. The second-order valence-corrected chi connectivity index (χ2v) is 5.84. The van der Waals surface area contributed by atoms with Crippen LogP contribution in [0.1, 0.15) is 46.5 Å². The smallest absolute Gasteiger partial charge is 0.0870 e. The molecule has 1 aliphatic carbocycles. The standard InChI is InChI=1S/C13H28N2O2/c1-5-17-13(11(15-14)10-16-4)8-6-12(2,3)7-9-13/h11,15H,5-10,14H2,1-4H3. The molecule has 0 heterocycles. The maximum Gasteiger partial charge on any atom is 0.0870 e. The Bertz CT molecular complexity index is 221. The molecule has 4 nitrogen and oxygen atoms in total. The third-order valence-electron chi connectivity index (χ3n) is 4.05. The van der Waals surface area contributed by atoms with Crippen molar-refractivity contribution in [2.45, 2.75) is 58.1 Å². The molecule has 1 atom stereocenters. The first-order valence-corrected chi connectivity index (χ1v) is 6.59. The zero-order valence-electron chi connectivity index (χ0n) is 11.7. The van der Waals surface area contributed by atoms with E-state index >= 15 is 0 Å². The summed E-state index contributed by atoms with van der Waals surface area (Å²) in [5.41, 5.74) is 3.14. The zero-order valence-corrected chi connectivity index (χ0v) is 11.7. The Balaban J connectivity index is 2.75. The topological polar surface area (TPSA) is 56.5 Å². The van der Waals surface area contributed by atoms with Gasteiger partial charge in [0.2, 0.25) is 0 Å². The van der Waals surface area contributed by atoms with E-state index in [1.165, 1.54) is 12.8 Å². The van der Waals surface area contributed by atoms with Crippen LogP contribution >= 0.6 is 0 Å². The van der Waals surface area contributed by atoms with Crippen LogP contribution in [0.15, 0.2) is 0 Å². The maximum absolute atomic E-state index is 6.05. The first kappa shape index (κ1) is 14.9. The summed E-state index contributed by atoms with van der Waals surface area (Å²) in [4.78, 5) is 0. The van der Waals surface area contributed by atoms with Gasteiger partial charge in [0.15, 0.2) is 0 Å². The molecular formula is C13H28N2O2. The Morgan fingerprint density at radius 3 is 2.24 bits per heavy atom. The fraction of sp³-hybridized carbons (Fsp3) is 1.00. The van der Waals surface area contributed by atoms with Crippen molar-refractivity contribution in [1.82, 2.24) is 5.43 Å². The largest absolute Gasteiger partial charge is 0.383 e. The van der Waals surface area contributed by atoms with Crippen LogP contribution in [0.4, 0.5) is 0 Å². The van der Waals surface area contributed by atoms with Gasteiger partial charge >= 0.3 is 0 Å². The van der Waals surface area contributed by atoms with Gasteiger partial charge in [0.25, 0.3) is 0 Å². The molecule has 0 spiro atoms. The van der Waals surface area contributed by atoms with Gasteiger partial charge in [0.1, 0.15) is 0 Å². The lowest BCUT2D eigenvalue weighted by Crippen LogP contribution is -2.59. The molecule has 17 heavy (non-hydrogen) atoms. The van der Waals surface area contributed by atoms with Crippen LogP contribution in [0.25, 0.3) is 0 Å². The van der Waals surface area contributed by atoms with Gasteiger partial charge in [-0.1, -0.05) is 13.8 Å². The quantitative estimate of drug-likeness (QED) is 0.553. The van der Waals surface area contributed by atoms with Crippen molar-refractivity contribution in [3.63, 3.8) is 0 Å². The molecule has 1 aliphatic rings. The van der Waals surface area contributed by atoms with E-state index in [0.29, 0.717) is 12.0 Å². The minimum atomic E-state index is -0.158. The molecule has 1 unspecified atom stereocenters. The Hall–Kier alpha value is -0.160. The average Bonchev–Trinajstić information content (AvgIpc) is 2.30. The predicted octanol–water partition coefficient (Wildman–Crippen LogP) is 1.84. The van der Waals surface area contributed by atoms with E-state index in [0.717, 1.165) is 19.4 Å². The van der Waals surface area contributed by atoms with Crippen molar-refractivity contribution in [2.24, 2.45) is 11.3 Å². The summed E-state index contributed by atoms with van der Waals surface area (Å²) in [7, 11) is 1.71. The lowest BCUT2D eigenvalue weighted by molar-refractivity contribution is -0.117. The molecule has 0 aliphatic heterocycles. The Morgan fingerprint density at radius 2 is 1.82 bits per heavy atom. The molecule has 0 amide bonds. The van der Waals surface area contributed by atoms with Gasteiger partial charge < -0.3 is 9.47 Å². The third-order valence-corrected chi connectivity index (χ3v) is 4.05. The van der Waals surface area contributed by atoms with Gasteiger partial charge in [-0.3, -0.25) is 11.3 Å². The first-order chi connectivity index (χ1) is 7.99. The van der Waals surface area contributed by atoms with Gasteiger partial charge in [-0.05, 0) is 38.0 Å². The van der Waals surface area contributed by atoms with E-state index in [1.807, 2.05) is 6.92 Å². The van der Waals surface area contributed by atoms with E-state index in [9.17, 15) is 0 Å². The number of nitrogens with one attached hydrogen (secondary N) is 1. The lowest BCUT2D eigenvalue weighted by Gasteiger charge is -2.47. The average molecular weight is 244 g/mol. The summed E-state index contributed by atoms with van der Waals surface area (Å²) in [6.07, 6.45) is 4.45. The molecular weight excluding hydrogens is 216 g/mol. The molecule has 1 saturated carbocycles. The van der Waals surface area contributed by atoms with Gasteiger partial charge in [-0.15, -0.1) is 0 Å². The number of hydrazine groups is 1. The lowest BCUT2D eigenvalue weighted by atomic mass is 9.68. The summed E-state index contributed by atoms with van der Waals surface area (Å²) >= 11 is 0. The summed E-state index contributed by atoms with van der Waals surface area (Å²) < 4.78 is 11.3. The first-order valence-electron chi connectivity index (χ1n) is 6.59. The monoisotopic (exact) mass is 244 g/mol. The molecule has 0 aromatic rings. The minimum Gasteiger partial charge on any atom is -0.383 e. The molecule has 102 valence electrons. The Labute approximate surface area is 105 Å². The fourth-order valence-electron chi connectivity index (χ4n) is 2.75. The van der Waals surface area contributed by atoms with Crippen LogP contribution < -0.4 is 11.3 Å². The summed E-state index contributed by atoms with van der Waals surface area (Å²) in [5.74, 6) is 5.66. The molecule has 3 N–H and O–H groups in total. The zero-order chi connectivity index (χ0) is 12.9. The third kappa shape index (κ3) is 3.65. The normalized spacial score (nSPS) is 24.5. The van der Waals surface area contributed by atoms with Crippen LogP contribution in [0.3, 0.4) is 0 Å². The van der Waals surface area contributed by atoms with E-state index < -0.39 is 0 Å². The van der Waals surface area contributed by atoms with Crippen LogP contribution in [-0.2, 0) is 9.47 Å². The second-order valence-electron chi connectivity index (χ2n) is 5.84. The summed E-state index contributed by atoms with van der Waals surface area (Å²) in [6, 6.07) is 0.0727. The SMILES string of the molecule is CCOC1(C(COC)NN)CCC(C)(C)CC1. The van der Waals surface area contributed by atoms with Crippen molar-refractivity contribution in [2.75, 3.05) is 20.3 Å². The number of rotatable bonds is 6. The fourth-order valence-corrected chi connectivity index (χ4v) is 2.75. The number of ether oxygens (including phenoxy) is 2. The number of methoxy groups -OCH3 is 1. The highest BCUT2D eigenvalue weighted by Crippen LogP contribution is 2.43.